The van der Waals surface area contributed by atoms with Crippen molar-refractivity contribution in [3.63, 3.8) is 0 Å². The van der Waals surface area contributed by atoms with Crippen LogP contribution in [-0.2, 0) is 12.6 Å². The summed E-state index contributed by atoms with van der Waals surface area (Å²) in [6, 6.07) is 10.5. The molecule has 2 aromatic carbocycles. The minimum Gasteiger partial charge on any atom is -0.384 e. The van der Waals surface area contributed by atoms with Gasteiger partial charge >= 0.3 is 6.18 Å². The summed E-state index contributed by atoms with van der Waals surface area (Å²) in [5, 5.41) is 10.3. The molecule has 21 heavy (non-hydrogen) atoms. The van der Waals surface area contributed by atoms with Gasteiger partial charge in [0, 0.05) is 4.47 Å². The summed E-state index contributed by atoms with van der Waals surface area (Å²) in [5.74, 6) is 0. The van der Waals surface area contributed by atoms with Crippen LogP contribution < -0.4 is 0 Å². The number of benzene rings is 2. The van der Waals surface area contributed by atoms with Crippen molar-refractivity contribution in [2.45, 2.75) is 25.6 Å². The average molecular weight is 359 g/mol. The maximum Gasteiger partial charge on any atom is 0.416 e. The number of hydrogen-bond acceptors (Lipinski definition) is 1. The maximum absolute atomic E-state index is 13.0. The first-order valence-corrected chi connectivity index (χ1v) is 7.25. The monoisotopic (exact) mass is 358 g/mol. The highest BCUT2D eigenvalue weighted by molar-refractivity contribution is 9.10. The van der Waals surface area contributed by atoms with Gasteiger partial charge in [-0.1, -0.05) is 47.1 Å². The van der Waals surface area contributed by atoms with E-state index >= 15 is 0 Å². The SMILES string of the molecule is CCc1ccc(C(O)c2cc(Br)ccc2C(F)(F)F)cc1. The van der Waals surface area contributed by atoms with Crippen molar-refractivity contribution < 1.29 is 18.3 Å². The molecule has 0 heterocycles. The second-order valence-electron chi connectivity index (χ2n) is 4.73. The molecule has 0 aliphatic rings. The molecule has 0 saturated heterocycles. The number of hydrogen-bond donors (Lipinski definition) is 1. The molecular weight excluding hydrogens is 345 g/mol. The fourth-order valence-corrected chi connectivity index (χ4v) is 2.51. The van der Waals surface area contributed by atoms with E-state index in [1.165, 1.54) is 12.1 Å². The van der Waals surface area contributed by atoms with E-state index in [4.69, 9.17) is 0 Å². The maximum atomic E-state index is 13.0. The molecule has 0 aromatic heterocycles. The van der Waals surface area contributed by atoms with Gasteiger partial charge in [-0.2, -0.15) is 13.2 Å². The van der Waals surface area contributed by atoms with Gasteiger partial charge in [-0.05, 0) is 41.3 Å². The molecule has 1 unspecified atom stereocenters. The van der Waals surface area contributed by atoms with Crippen molar-refractivity contribution >= 4 is 15.9 Å². The van der Waals surface area contributed by atoms with Gasteiger partial charge in [0.1, 0.15) is 6.10 Å². The molecule has 0 aliphatic carbocycles. The van der Waals surface area contributed by atoms with Crippen molar-refractivity contribution in [1.82, 2.24) is 0 Å². The van der Waals surface area contributed by atoms with Gasteiger partial charge in [0.2, 0.25) is 0 Å². The Kier molecular flexibility index (Phi) is 4.74. The summed E-state index contributed by atoms with van der Waals surface area (Å²) >= 11 is 3.15. The highest BCUT2D eigenvalue weighted by atomic mass is 79.9. The standard InChI is InChI=1S/C16H14BrF3O/c1-2-10-3-5-11(6-4-10)15(21)13-9-12(17)7-8-14(13)16(18,19)20/h3-9,15,21H,2H2,1H3. The van der Waals surface area contributed by atoms with E-state index in [2.05, 4.69) is 15.9 Å². The molecule has 0 radical (unpaired) electrons. The molecule has 0 aliphatic heterocycles. The van der Waals surface area contributed by atoms with Gasteiger partial charge in [0.25, 0.3) is 0 Å². The van der Waals surface area contributed by atoms with Gasteiger partial charge < -0.3 is 5.11 Å². The Labute approximate surface area is 129 Å². The van der Waals surface area contributed by atoms with Crippen LogP contribution in [0.15, 0.2) is 46.9 Å². The molecule has 0 saturated carbocycles. The van der Waals surface area contributed by atoms with E-state index in [0.717, 1.165) is 18.1 Å². The van der Waals surface area contributed by atoms with Gasteiger partial charge in [-0.15, -0.1) is 0 Å². The first-order chi connectivity index (χ1) is 9.82. The lowest BCUT2D eigenvalue weighted by Gasteiger charge is -2.18. The molecule has 1 nitrogen and oxygen atoms in total. The molecule has 2 rings (SSSR count). The van der Waals surface area contributed by atoms with Crippen molar-refractivity contribution in [2.24, 2.45) is 0 Å². The minimum absolute atomic E-state index is 0.152. The number of aliphatic hydroxyl groups is 1. The highest BCUT2D eigenvalue weighted by Gasteiger charge is 2.35. The Morgan fingerprint density at radius 1 is 1.10 bits per heavy atom. The van der Waals surface area contributed by atoms with Crippen LogP contribution in [0.3, 0.4) is 0 Å². The average Bonchev–Trinajstić information content (AvgIpc) is 2.45. The van der Waals surface area contributed by atoms with Crippen LogP contribution in [0.2, 0.25) is 0 Å². The molecule has 2 aromatic rings. The Hall–Kier alpha value is -1.33. The molecule has 112 valence electrons. The number of halogens is 4. The third-order valence-electron chi connectivity index (χ3n) is 3.32. The quantitative estimate of drug-likeness (QED) is 0.807. The van der Waals surface area contributed by atoms with Gasteiger partial charge in [0.15, 0.2) is 0 Å². The summed E-state index contributed by atoms with van der Waals surface area (Å²) in [7, 11) is 0. The largest absolute Gasteiger partial charge is 0.416 e. The van der Waals surface area contributed by atoms with Crippen molar-refractivity contribution in [2.75, 3.05) is 0 Å². The molecule has 1 N–H and O–H groups in total. The van der Waals surface area contributed by atoms with Crippen molar-refractivity contribution in [3.05, 3.63) is 69.2 Å². The van der Waals surface area contributed by atoms with E-state index in [0.29, 0.717) is 10.0 Å². The van der Waals surface area contributed by atoms with Crippen LogP contribution in [0.25, 0.3) is 0 Å². The summed E-state index contributed by atoms with van der Waals surface area (Å²) in [6.45, 7) is 1.99. The smallest absolute Gasteiger partial charge is 0.384 e. The first-order valence-electron chi connectivity index (χ1n) is 6.46. The molecule has 0 amide bonds. The number of alkyl halides is 3. The summed E-state index contributed by atoms with van der Waals surface area (Å²) < 4.78 is 39.6. The molecule has 0 fully saturated rings. The molecule has 1 atom stereocenters. The number of aryl methyl sites for hydroxylation is 1. The number of aliphatic hydroxyl groups excluding tert-OH is 1. The predicted octanol–water partition coefficient (Wildman–Crippen LogP) is 5.11. The van der Waals surface area contributed by atoms with Crippen LogP contribution in [0, 0.1) is 0 Å². The zero-order valence-electron chi connectivity index (χ0n) is 11.3. The predicted molar refractivity (Wildman–Crippen MR) is 79.0 cm³/mol. The first kappa shape index (κ1) is 16.0. The van der Waals surface area contributed by atoms with Crippen molar-refractivity contribution in [1.29, 1.82) is 0 Å². The lowest BCUT2D eigenvalue weighted by molar-refractivity contribution is -0.139. The zero-order chi connectivity index (χ0) is 15.6. The second kappa shape index (κ2) is 6.20. The van der Waals surface area contributed by atoms with Gasteiger partial charge in [-0.25, -0.2) is 0 Å². The lowest BCUT2D eigenvalue weighted by Crippen LogP contribution is -2.12. The van der Waals surface area contributed by atoms with E-state index in [1.807, 2.05) is 19.1 Å². The topological polar surface area (TPSA) is 20.2 Å². The normalized spacial score (nSPS) is 13.2. The van der Waals surface area contributed by atoms with E-state index < -0.39 is 17.8 Å². The van der Waals surface area contributed by atoms with E-state index in [1.54, 1.807) is 12.1 Å². The fraction of sp³-hybridized carbons (Fsp3) is 0.250. The highest BCUT2D eigenvalue weighted by Crippen LogP contribution is 2.37. The lowest BCUT2D eigenvalue weighted by atomic mass is 9.95. The van der Waals surface area contributed by atoms with Crippen LogP contribution in [0.1, 0.15) is 35.3 Å². The molecule has 0 bridgehead atoms. The zero-order valence-corrected chi connectivity index (χ0v) is 12.9. The fourth-order valence-electron chi connectivity index (χ4n) is 2.13. The Bertz CT molecular complexity index is 620. The van der Waals surface area contributed by atoms with E-state index in [9.17, 15) is 18.3 Å². The van der Waals surface area contributed by atoms with E-state index in [-0.39, 0.29) is 5.56 Å². The Morgan fingerprint density at radius 3 is 2.24 bits per heavy atom. The summed E-state index contributed by atoms with van der Waals surface area (Å²) in [6.07, 6.45) is -4.98. The Morgan fingerprint density at radius 2 is 1.71 bits per heavy atom. The third kappa shape index (κ3) is 3.66. The summed E-state index contributed by atoms with van der Waals surface area (Å²) in [5.41, 5.74) is 0.533. The van der Waals surface area contributed by atoms with Crippen LogP contribution in [-0.4, -0.2) is 5.11 Å². The van der Waals surface area contributed by atoms with Gasteiger partial charge in [0.05, 0.1) is 5.56 Å². The minimum atomic E-state index is -4.50. The Balaban J connectivity index is 2.46. The second-order valence-corrected chi connectivity index (χ2v) is 5.64. The van der Waals surface area contributed by atoms with Gasteiger partial charge in [-0.3, -0.25) is 0 Å². The molecule has 0 spiro atoms. The molecular formula is C16H14BrF3O. The van der Waals surface area contributed by atoms with Crippen LogP contribution in [0.5, 0.6) is 0 Å². The van der Waals surface area contributed by atoms with Crippen LogP contribution >= 0.6 is 15.9 Å². The van der Waals surface area contributed by atoms with Crippen molar-refractivity contribution in [3.8, 4) is 0 Å². The third-order valence-corrected chi connectivity index (χ3v) is 3.81. The summed E-state index contributed by atoms with van der Waals surface area (Å²) in [4.78, 5) is 0. The molecule has 5 heteroatoms. The van der Waals surface area contributed by atoms with Crippen LogP contribution in [0.4, 0.5) is 13.2 Å². The number of rotatable bonds is 3.